The third-order valence-corrected chi connectivity index (χ3v) is 9.84. The van der Waals surface area contributed by atoms with Crippen molar-refractivity contribution >= 4 is 52.8 Å². The van der Waals surface area contributed by atoms with Crippen molar-refractivity contribution in [1.82, 2.24) is 9.80 Å². The molecule has 202 valence electrons. The van der Waals surface area contributed by atoms with Gasteiger partial charge in [0.25, 0.3) is 11.8 Å². The van der Waals surface area contributed by atoms with Crippen LogP contribution in [0.3, 0.4) is 0 Å². The molecular formula is C26H26Cl2N2O8. The number of phenols is 1. The number of carbonyl (C=O) groups excluding carboxylic acids is 4. The summed E-state index contributed by atoms with van der Waals surface area (Å²) in [5.74, 6) is -6.58. The van der Waals surface area contributed by atoms with Gasteiger partial charge in [0.2, 0.25) is 11.8 Å². The van der Waals surface area contributed by atoms with Crippen LogP contribution in [0.4, 0.5) is 0 Å². The maximum Gasteiger partial charge on any atom is 0.303 e. The number of nitrogens with zero attached hydrogens (tertiary/aromatic N) is 2. The molecular weight excluding hydrogens is 539 g/mol. The number of carboxylic acid groups (broad SMARTS) is 1. The van der Waals surface area contributed by atoms with Crippen molar-refractivity contribution in [3.63, 3.8) is 0 Å². The molecule has 6 atom stereocenters. The average molecular weight is 565 g/mol. The lowest BCUT2D eigenvalue weighted by molar-refractivity contribution is -0.142. The van der Waals surface area contributed by atoms with E-state index < -0.39 is 63.0 Å². The normalized spacial score (nSPS) is 34.2. The van der Waals surface area contributed by atoms with Crippen molar-refractivity contribution < 1.29 is 38.9 Å². The Bertz CT molecular complexity index is 1310. The number of carboxylic acids is 1. The molecule has 2 aliphatic heterocycles. The van der Waals surface area contributed by atoms with Gasteiger partial charge in [-0.1, -0.05) is 11.6 Å². The lowest BCUT2D eigenvalue weighted by atomic mass is 9.56. The summed E-state index contributed by atoms with van der Waals surface area (Å²) in [6, 6.07) is 4.44. The SMILES string of the molecule is COc1ccc(O)c(C2C3=CCC4C(=O)N(CCCC(=O)O)C(=O)C4C3CC3(Cl)C(=O)N(C)C(=O)C23Cl)c1. The highest BCUT2D eigenvalue weighted by Crippen LogP contribution is 2.66. The molecule has 4 aliphatic rings. The summed E-state index contributed by atoms with van der Waals surface area (Å²) in [5, 5.41) is 19.9. The van der Waals surface area contributed by atoms with Crippen LogP contribution >= 0.6 is 23.2 Å². The van der Waals surface area contributed by atoms with Gasteiger partial charge in [-0.15, -0.1) is 23.2 Å². The Balaban J connectivity index is 1.64. The Morgan fingerprint density at radius 1 is 1.13 bits per heavy atom. The Morgan fingerprint density at radius 3 is 2.50 bits per heavy atom. The van der Waals surface area contributed by atoms with E-state index >= 15 is 0 Å². The maximum atomic E-state index is 13.6. The van der Waals surface area contributed by atoms with Crippen molar-refractivity contribution in [3.05, 3.63) is 35.4 Å². The molecule has 6 unspecified atom stereocenters. The van der Waals surface area contributed by atoms with E-state index in [0.717, 1.165) is 9.80 Å². The van der Waals surface area contributed by atoms with Gasteiger partial charge in [-0.3, -0.25) is 33.8 Å². The predicted molar refractivity (Wildman–Crippen MR) is 134 cm³/mol. The van der Waals surface area contributed by atoms with Crippen molar-refractivity contribution in [1.29, 1.82) is 0 Å². The summed E-state index contributed by atoms with van der Waals surface area (Å²) in [5.41, 5.74) is 0.761. The van der Waals surface area contributed by atoms with Gasteiger partial charge in [0.05, 0.1) is 18.9 Å². The van der Waals surface area contributed by atoms with Gasteiger partial charge in [0.1, 0.15) is 11.5 Å². The van der Waals surface area contributed by atoms with Crippen LogP contribution in [0.5, 0.6) is 11.5 Å². The second-order valence-corrected chi connectivity index (χ2v) is 11.5. The monoisotopic (exact) mass is 564 g/mol. The lowest BCUT2D eigenvalue weighted by Gasteiger charge is -2.50. The van der Waals surface area contributed by atoms with Gasteiger partial charge in [-0.05, 0) is 43.4 Å². The minimum absolute atomic E-state index is 0.0370. The first-order valence-electron chi connectivity index (χ1n) is 12.2. The second-order valence-electron chi connectivity index (χ2n) is 10.2. The van der Waals surface area contributed by atoms with Crippen LogP contribution in [0.25, 0.3) is 0 Å². The number of likely N-dealkylation sites (tertiary alicyclic amines) is 2. The quantitative estimate of drug-likeness (QED) is 0.304. The number of imide groups is 2. The molecule has 1 aromatic carbocycles. The number of fused-ring (bicyclic) bond motifs is 4. The van der Waals surface area contributed by atoms with Crippen LogP contribution in [0.15, 0.2) is 29.8 Å². The number of carbonyl (C=O) groups is 5. The van der Waals surface area contributed by atoms with Crippen LogP contribution in [-0.4, -0.2) is 80.1 Å². The zero-order chi connectivity index (χ0) is 27.7. The molecule has 10 nitrogen and oxygen atoms in total. The summed E-state index contributed by atoms with van der Waals surface area (Å²) in [4.78, 5) is 62.7. The van der Waals surface area contributed by atoms with Gasteiger partial charge >= 0.3 is 5.97 Å². The first-order chi connectivity index (χ1) is 17.9. The van der Waals surface area contributed by atoms with Crippen LogP contribution in [-0.2, 0) is 24.0 Å². The highest BCUT2D eigenvalue weighted by molar-refractivity contribution is 6.53. The molecule has 0 spiro atoms. The number of methoxy groups -OCH3 is 1. The molecule has 2 N–H and O–H groups in total. The summed E-state index contributed by atoms with van der Waals surface area (Å²) in [6.07, 6.45) is 1.69. The van der Waals surface area contributed by atoms with Crippen LogP contribution in [0.1, 0.15) is 37.2 Å². The molecule has 1 saturated carbocycles. The minimum Gasteiger partial charge on any atom is -0.508 e. The largest absolute Gasteiger partial charge is 0.508 e. The molecule has 0 bridgehead atoms. The standard InChI is InChI=1S/C26H26Cl2N2O8/c1-29-23(36)25(27)11-16-13(6-7-14-19(16)22(35)30(21(14)34)9-3-4-18(32)33)20(26(25,28)24(29)37)15-10-12(38-2)5-8-17(15)31/h5-6,8,10,14,16,19-20,31H,3-4,7,9,11H2,1-2H3,(H,32,33). The lowest BCUT2D eigenvalue weighted by Crippen LogP contribution is -2.60. The van der Waals surface area contributed by atoms with E-state index in [1.54, 1.807) is 6.08 Å². The molecule has 2 heterocycles. The van der Waals surface area contributed by atoms with Gasteiger partial charge in [0.15, 0.2) is 9.75 Å². The van der Waals surface area contributed by atoms with Crippen molar-refractivity contribution in [3.8, 4) is 11.5 Å². The van der Waals surface area contributed by atoms with Gasteiger partial charge in [-0.2, -0.15) is 0 Å². The number of phenolic OH excluding ortho intramolecular Hbond substituents is 1. The molecule has 0 aromatic heterocycles. The van der Waals surface area contributed by atoms with E-state index in [1.165, 1.54) is 32.4 Å². The molecule has 4 amide bonds. The van der Waals surface area contributed by atoms with Crippen LogP contribution < -0.4 is 4.74 Å². The highest BCUT2D eigenvalue weighted by atomic mass is 35.5. The maximum absolute atomic E-state index is 13.6. The first kappa shape index (κ1) is 26.5. The van der Waals surface area contributed by atoms with E-state index in [2.05, 4.69) is 0 Å². The Morgan fingerprint density at radius 2 is 1.84 bits per heavy atom. The van der Waals surface area contributed by atoms with Gasteiger partial charge in [-0.25, -0.2) is 0 Å². The summed E-state index contributed by atoms with van der Waals surface area (Å²) < 4.78 is 5.33. The zero-order valence-electron chi connectivity index (χ0n) is 20.6. The highest BCUT2D eigenvalue weighted by Gasteiger charge is 2.76. The van der Waals surface area contributed by atoms with Crippen molar-refractivity contribution in [2.75, 3.05) is 20.7 Å². The second kappa shape index (κ2) is 8.98. The molecule has 3 fully saturated rings. The van der Waals surface area contributed by atoms with E-state index in [0.29, 0.717) is 11.3 Å². The summed E-state index contributed by atoms with van der Waals surface area (Å²) >= 11 is 14.1. The predicted octanol–water partition coefficient (Wildman–Crippen LogP) is 2.25. The van der Waals surface area contributed by atoms with E-state index in [1.807, 2.05) is 0 Å². The van der Waals surface area contributed by atoms with E-state index in [4.69, 9.17) is 33.0 Å². The van der Waals surface area contributed by atoms with Crippen LogP contribution in [0, 0.1) is 17.8 Å². The number of rotatable bonds is 6. The third-order valence-electron chi connectivity index (χ3n) is 8.42. The molecule has 2 saturated heterocycles. The smallest absolute Gasteiger partial charge is 0.303 e. The van der Waals surface area contributed by atoms with E-state index in [9.17, 15) is 29.1 Å². The number of aliphatic carboxylic acids is 1. The molecule has 5 rings (SSSR count). The third kappa shape index (κ3) is 3.42. The van der Waals surface area contributed by atoms with Crippen LogP contribution in [0.2, 0.25) is 0 Å². The molecule has 0 radical (unpaired) electrons. The number of hydrogen-bond acceptors (Lipinski definition) is 7. The van der Waals surface area contributed by atoms with Crippen molar-refractivity contribution in [2.45, 2.75) is 41.3 Å². The summed E-state index contributed by atoms with van der Waals surface area (Å²) in [6.45, 7) is -0.0370. The topological polar surface area (TPSA) is 142 Å². The molecule has 2 aliphatic carbocycles. The minimum atomic E-state index is -2.01. The number of ether oxygens (including phenoxy) is 1. The molecule has 12 heteroatoms. The Hall–Kier alpha value is -3.11. The Kier molecular flexibility index (Phi) is 6.26. The number of aromatic hydroxyl groups is 1. The molecule has 38 heavy (non-hydrogen) atoms. The number of amides is 4. The Labute approximate surface area is 228 Å². The molecule has 1 aromatic rings. The fourth-order valence-electron chi connectivity index (χ4n) is 6.65. The van der Waals surface area contributed by atoms with Gasteiger partial charge in [0, 0.05) is 31.5 Å². The number of allylic oxidation sites excluding steroid dienone is 2. The van der Waals surface area contributed by atoms with Crippen molar-refractivity contribution in [2.24, 2.45) is 17.8 Å². The number of benzene rings is 1. The fourth-order valence-corrected chi connectivity index (χ4v) is 7.67. The number of alkyl halides is 2. The summed E-state index contributed by atoms with van der Waals surface area (Å²) in [7, 11) is 2.72. The van der Waals surface area contributed by atoms with Gasteiger partial charge < -0.3 is 14.9 Å². The average Bonchev–Trinajstić information content (AvgIpc) is 3.19. The number of halogens is 2. The van der Waals surface area contributed by atoms with E-state index in [-0.39, 0.29) is 43.5 Å². The fraction of sp³-hybridized carbons (Fsp3) is 0.500. The number of hydrogen-bond donors (Lipinski definition) is 2. The zero-order valence-corrected chi connectivity index (χ0v) is 22.2. The first-order valence-corrected chi connectivity index (χ1v) is 13.0.